The van der Waals surface area contributed by atoms with Gasteiger partial charge in [0.1, 0.15) is 11.3 Å². The highest BCUT2D eigenvalue weighted by atomic mass is 16.3. The van der Waals surface area contributed by atoms with Crippen molar-refractivity contribution in [2.45, 2.75) is 6.92 Å². The highest BCUT2D eigenvalue weighted by Crippen LogP contribution is 2.55. The minimum atomic E-state index is 0.752. The molecule has 0 fully saturated rings. The van der Waals surface area contributed by atoms with E-state index in [-0.39, 0.29) is 0 Å². The first kappa shape index (κ1) is 47.3. The van der Waals surface area contributed by atoms with Crippen LogP contribution in [0.15, 0.2) is 276 Å². The molecular weight excluding hydrogens is 1040 g/mol. The fraction of sp³-hybridized carbons (Fsp3) is 0.0127. The second kappa shape index (κ2) is 18.1. The number of fused-ring (bicyclic) bond motifs is 16. The SMILES string of the molecule is C=Cc1oc2c(N(c3ccccc3)c3ccc4c(c3)c3cccc5c6c(-c7ccccc7)c7c(c(-c8ccccc8)c6n4c35)c3cccc4c5cc(N(c6ccccc6)c6cccc8c6oc6ccccc68)ccc5n7c43)cccc2c1/C=C\C. The topological polar surface area (TPSA) is 41.6 Å². The Labute approximate surface area is 488 Å². The maximum atomic E-state index is 6.75. The van der Waals surface area contributed by atoms with Crippen LogP contribution in [0.25, 0.3) is 144 Å². The van der Waals surface area contributed by atoms with Gasteiger partial charge in [-0.2, -0.15) is 0 Å². The van der Waals surface area contributed by atoms with Gasteiger partial charge < -0.3 is 27.4 Å². The van der Waals surface area contributed by atoms with Crippen molar-refractivity contribution >= 4 is 155 Å². The smallest absolute Gasteiger partial charge is 0.159 e. The van der Waals surface area contributed by atoms with Crippen molar-refractivity contribution in [2.24, 2.45) is 0 Å². The molecule has 18 aromatic rings. The second-order valence-electron chi connectivity index (χ2n) is 22.2. The molecule has 0 unspecified atom stereocenters. The summed E-state index contributed by atoms with van der Waals surface area (Å²) < 4.78 is 18.7. The molecule has 6 aromatic heterocycles. The van der Waals surface area contributed by atoms with Crippen LogP contribution in [-0.2, 0) is 0 Å². The van der Waals surface area contributed by atoms with Gasteiger partial charge in [-0.15, -0.1) is 0 Å². The Morgan fingerprint density at radius 1 is 0.365 bits per heavy atom. The molecule has 0 saturated carbocycles. The lowest BCUT2D eigenvalue weighted by Crippen LogP contribution is -2.10. The number of hydrogen-bond acceptors (Lipinski definition) is 4. The van der Waals surface area contributed by atoms with E-state index in [1.165, 1.54) is 87.4 Å². The van der Waals surface area contributed by atoms with Crippen LogP contribution < -0.4 is 9.80 Å². The van der Waals surface area contributed by atoms with Gasteiger partial charge in [0, 0.05) is 98.7 Å². The number of nitrogens with zero attached hydrogens (tertiary/aromatic N) is 4. The quantitative estimate of drug-likeness (QED) is 0.137. The van der Waals surface area contributed by atoms with Gasteiger partial charge in [0.25, 0.3) is 0 Å². The normalized spacial score (nSPS) is 12.3. The molecule has 0 aliphatic rings. The highest BCUT2D eigenvalue weighted by molar-refractivity contribution is 6.38. The zero-order chi connectivity index (χ0) is 56.0. The van der Waals surface area contributed by atoms with Crippen molar-refractivity contribution in [3.63, 3.8) is 0 Å². The van der Waals surface area contributed by atoms with Crippen LogP contribution in [0.1, 0.15) is 18.2 Å². The monoisotopic (exact) mass is 1090 g/mol. The summed E-state index contributed by atoms with van der Waals surface area (Å²) in [6, 6.07) is 92.7. The summed E-state index contributed by atoms with van der Waals surface area (Å²) in [4.78, 5) is 4.69. The Morgan fingerprint density at radius 2 is 0.800 bits per heavy atom. The molecule has 6 nitrogen and oxygen atoms in total. The van der Waals surface area contributed by atoms with E-state index in [9.17, 15) is 0 Å². The summed E-state index contributed by atoms with van der Waals surface area (Å²) in [5.41, 5.74) is 21.5. The van der Waals surface area contributed by atoms with Crippen molar-refractivity contribution < 1.29 is 8.83 Å². The van der Waals surface area contributed by atoms with Crippen LogP contribution in [-0.4, -0.2) is 8.80 Å². The Morgan fingerprint density at radius 3 is 1.32 bits per heavy atom. The van der Waals surface area contributed by atoms with Crippen LogP contribution in [0.5, 0.6) is 0 Å². The molecule has 398 valence electrons. The number of furan rings is 2. The van der Waals surface area contributed by atoms with E-state index in [0.717, 1.165) is 89.4 Å². The molecule has 0 amide bonds. The van der Waals surface area contributed by atoms with E-state index in [0.29, 0.717) is 0 Å². The molecule has 0 saturated heterocycles. The summed E-state index contributed by atoms with van der Waals surface area (Å²) in [5, 5.41) is 12.9. The lowest BCUT2D eigenvalue weighted by molar-refractivity contribution is 0.604. The van der Waals surface area contributed by atoms with E-state index < -0.39 is 0 Å². The average molecular weight is 1090 g/mol. The minimum Gasteiger partial charge on any atom is -0.454 e. The maximum Gasteiger partial charge on any atom is 0.159 e. The van der Waals surface area contributed by atoms with E-state index in [1.54, 1.807) is 0 Å². The first-order chi connectivity index (χ1) is 42.1. The number of hydrogen-bond donors (Lipinski definition) is 0. The first-order valence-electron chi connectivity index (χ1n) is 29.1. The fourth-order valence-corrected chi connectivity index (χ4v) is 14.5. The van der Waals surface area contributed by atoms with E-state index in [2.05, 4.69) is 286 Å². The summed E-state index contributed by atoms with van der Waals surface area (Å²) in [5.74, 6) is 0.752. The molecule has 0 bridgehead atoms. The molecule has 0 N–H and O–H groups in total. The van der Waals surface area contributed by atoms with Gasteiger partial charge in [0.15, 0.2) is 11.2 Å². The third-order valence-corrected chi connectivity index (χ3v) is 17.8. The number of anilines is 6. The van der Waals surface area contributed by atoms with Gasteiger partial charge >= 0.3 is 0 Å². The number of para-hydroxylation sites is 7. The van der Waals surface area contributed by atoms with Gasteiger partial charge in [-0.1, -0.05) is 195 Å². The zero-order valence-corrected chi connectivity index (χ0v) is 46.3. The first-order valence-corrected chi connectivity index (χ1v) is 29.1. The van der Waals surface area contributed by atoms with Gasteiger partial charge in [0.05, 0.1) is 44.5 Å². The Kier molecular flexibility index (Phi) is 10.1. The van der Waals surface area contributed by atoms with E-state index in [1.807, 2.05) is 19.1 Å². The van der Waals surface area contributed by atoms with Crippen molar-refractivity contribution in [2.75, 3.05) is 9.80 Å². The van der Waals surface area contributed by atoms with Crippen LogP contribution in [0, 0.1) is 0 Å². The second-order valence-corrected chi connectivity index (χ2v) is 22.2. The summed E-state index contributed by atoms with van der Waals surface area (Å²) >= 11 is 0. The van der Waals surface area contributed by atoms with Crippen LogP contribution in [0.4, 0.5) is 34.1 Å². The van der Waals surface area contributed by atoms with E-state index in [4.69, 9.17) is 8.83 Å². The van der Waals surface area contributed by atoms with Crippen molar-refractivity contribution in [3.05, 3.63) is 279 Å². The third kappa shape index (κ3) is 6.59. The predicted molar refractivity (Wildman–Crippen MR) is 358 cm³/mol. The third-order valence-electron chi connectivity index (χ3n) is 17.8. The molecular formula is C79H50N4O2. The van der Waals surface area contributed by atoms with Gasteiger partial charge in [-0.05, 0) is 103 Å². The number of aromatic nitrogens is 2. The van der Waals surface area contributed by atoms with Crippen LogP contribution >= 0.6 is 0 Å². The maximum absolute atomic E-state index is 6.75. The Balaban J connectivity index is 0.936. The molecule has 6 heterocycles. The van der Waals surface area contributed by atoms with Gasteiger partial charge in [0.2, 0.25) is 0 Å². The standard InChI is InChI=1S/C79H50N4O2/c1-3-23-54-58-35-21-39-66(78(58)84-68(54)4-2)80(50-28-13-7-14-29-50)52-42-44-64-62(46-52)56-33-19-37-60-72-71(49-26-11-6-12-27-49)77-73(70(48-24-9-5-10-25-48)76(72)82(64)74(56)60)61-38-20-34-57-63-47-53(43-45-65(63)83(77)75(57)61)81(51-30-15-8-16-31-51)67-40-22-36-59-55-32-17-18-41-69(55)85-79(59)67/h3-47H,2H2,1H3/b23-3-. The summed E-state index contributed by atoms with van der Waals surface area (Å²) in [6.45, 7) is 6.18. The molecule has 0 radical (unpaired) electrons. The number of allylic oxidation sites excluding steroid dienone is 1. The highest BCUT2D eigenvalue weighted by Gasteiger charge is 2.32. The lowest BCUT2D eigenvalue weighted by Gasteiger charge is -2.25. The van der Waals surface area contributed by atoms with Crippen molar-refractivity contribution in [1.29, 1.82) is 0 Å². The molecule has 0 aliphatic heterocycles. The molecule has 85 heavy (non-hydrogen) atoms. The molecule has 0 aliphatic carbocycles. The Hall–Kier alpha value is -11.3. The van der Waals surface area contributed by atoms with Gasteiger partial charge in [-0.25, -0.2) is 0 Å². The average Bonchev–Trinajstić information content (AvgIpc) is 1.56. The molecule has 18 rings (SSSR count). The molecule has 0 atom stereocenters. The molecule has 0 spiro atoms. The van der Waals surface area contributed by atoms with E-state index >= 15 is 0 Å². The number of benzene rings is 12. The minimum absolute atomic E-state index is 0.752. The summed E-state index contributed by atoms with van der Waals surface area (Å²) in [7, 11) is 0. The fourth-order valence-electron chi connectivity index (χ4n) is 14.5. The van der Waals surface area contributed by atoms with Crippen molar-refractivity contribution in [3.8, 4) is 22.3 Å². The van der Waals surface area contributed by atoms with Crippen LogP contribution in [0.2, 0.25) is 0 Å². The van der Waals surface area contributed by atoms with Crippen molar-refractivity contribution in [1.82, 2.24) is 8.80 Å². The van der Waals surface area contributed by atoms with Crippen LogP contribution in [0.3, 0.4) is 0 Å². The largest absolute Gasteiger partial charge is 0.454 e. The number of rotatable bonds is 10. The predicted octanol–water partition coefficient (Wildman–Crippen LogP) is 22.6. The molecule has 12 aromatic carbocycles. The zero-order valence-electron chi connectivity index (χ0n) is 46.3. The summed E-state index contributed by atoms with van der Waals surface area (Å²) in [6.07, 6.45) is 5.98. The Bertz CT molecular complexity index is 5750. The van der Waals surface area contributed by atoms with Gasteiger partial charge in [-0.3, -0.25) is 0 Å². The molecule has 6 heteroatoms. The lowest BCUT2D eigenvalue weighted by atomic mass is 9.89.